The minimum atomic E-state index is -1.04. The molecule has 2 atom stereocenters. The standard InChI is InChI=1S/C13H25NO4/c1-9(2)13(4,12(17)18)7-11(16)14-8-10(3)5-6-15/h9-10,15H,5-8H2,1-4H3,(H,14,16)(H,17,18). The maximum atomic E-state index is 11.7. The molecule has 0 aliphatic rings. The third-order valence-corrected chi connectivity index (χ3v) is 3.56. The lowest BCUT2D eigenvalue weighted by molar-refractivity contribution is -0.153. The number of aliphatic hydroxyl groups is 1. The molecule has 0 saturated heterocycles. The number of aliphatic hydroxyl groups excluding tert-OH is 1. The summed E-state index contributed by atoms with van der Waals surface area (Å²) in [5.41, 5.74) is -1.04. The van der Waals surface area contributed by atoms with Crippen molar-refractivity contribution in [3.8, 4) is 0 Å². The first-order chi connectivity index (χ1) is 8.24. The van der Waals surface area contributed by atoms with Crippen LogP contribution in [0.4, 0.5) is 0 Å². The molecule has 0 radical (unpaired) electrons. The van der Waals surface area contributed by atoms with Gasteiger partial charge in [-0.1, -0.05) is 20.8 Å². The van der Waals surface area contributed by atoms with E-state index in [4.69, 9.17) is 5.11 Å². The van der Waals surface area contributed by atoms with Crippen molar-refractivity contribution in [3.63, 3.8) is 0 Å². The zero-order valence-electron chi connectivity index (χ0n) is 11.7. The van der Waals surface area contributed by atoms with Gasteiger partial charge >= 0.3 is 5.97 Å². The number of carboxylic acid groups (broad SMARTS) is 1. The fourth-order valence-electron chi connectivity index (χ4n) is 1.53. The molecule has 18 heavy (non-hydrogen) atoms. The molecular formula is C13H25NO4. The number of carbonyl (C=O) groups is 2. The Balaban J connectivity index is 4.33. The Bertz CT molecular complexity index is 291. The second-order valence-corrected chi connectivity index (χ2v) is 5.48. The highest BCUT2D eigenvalue weighted by Crippen LogP contribution is 2.31. The van der Waals surface area contributed by atoms with E-state index in [0.717, 1.165) is 0 Å². The van der Waals surface area contributed by atoms with Gasteiger partial charge in [-0.2, -0.15) is 0 Å². The number of hydrogen-bond donors (Lipinski definition) is 3. The molecular weight excluding hydrogens is 234 g/mol. The Labute approximate surface area is 109 Å². The van der Waals surface area contributed by atoms with Crippen molar-refractivity contribution in [1.82, 2.24) is 5.32 Å². The van der Waals surface area contributed by atoms with Crippen LogP contribution in [0.3, 0.4) is 0 Å². The molecule has 0 aromatic carbocycles. The lowest BCUT2D eigenvalue weighted by Gasteiger charge is -2.28. The van der Waals surface area contributed by atoms with E-state index < -0.39 is 11.4 Å². The predicted molar refractivity (Wildman–Crippen MR) is 69.1 cm³/mol. The molecule has 2 unspecified atom stereocenters. The normalized spacial score (nSPS) is 16.1. The first kappa shape index (κ1) is 16.9. The monoisotopic (exact) mass is 259 g/mol. The van der Waals surface area contributed by atoms with Crippen LogP contribution < -0.4 is 5.32 Å². The minimum Gasteiger partial charge on any atom is -0.481 e. The van der Waals surface area contributed by atoms with Gasteiger partial charge in [0.25, 0.3) is 0 Å². The van der Waals surface area contributed by atoms with E-state index in [1.165, 1.54) is 0 Å². The Morgan fingerprint density at radius 1 is 1.28 bits per heavy atom. The molecule has 5 heteroatoms. The van der Waals surface area contributed by atoms with Crippen LogP contribution in [-0.4, -0.2) is 35.2 Å². The Hall–Kier alpha value is -1.10. The third kappa shape index (κ3) is 5.04. The molecule has 0 saturated carbocycles. The summed E-state index contributed by atoms with van der Waals surface area (Å²) in [6.07, 6.45) is 0.604. The molecule has 0 aromatic heterocycles. The van der Waals surface area contributed by atoms with E-state index in [-0.39, 0.29) is 30.8 Å². The zero-order chi connectivity index (χ0) is 14.3. The van der Waals surface area contributed by atoms with Gasteiger partial charge in [0.05, 0.1) is 5.41 Å². The van der Waals surface area contributed by atoms with Gasteiger partial charge in [-0.15, -0.1) is 0 Å². The number of carboxylic acids is 1. The topological polar surface area (TPSA) is 86.6 Å². The molecule has 0 spiro atoms. The Kier molecular flexibility index (Phi) is 6.91. The van der Waals surface area contributed by atoms with Crippen LogP contribution in [0, 0.1) is 17.3 Å². The molecule has 0 fully saturated rings. The molecule has 0 heterocycles. The van der Waals surface area contributed by atoms with Crippen LogP contribution in [0.1, 0.15) is 40.5 Å². The number of nitrogens with one attached hydrogen (secondary N) is 1. The van der Waals surface area contributed by atoms with Crippen LogP contribution in [0.25, 0.3) is 0 Å². The van der Waals surface area contributed by atoms with Crippen molar-refractivity contribution in [2.75, 3.05) is 13.2 Å². The maximum absolute atomic E-state index is 11.7. The average molecular weight is 259 g/mol. The fraction of sp³-hybridized carbons (Fsp3) is 0.846. The molecule has 0 aromatic rings. The first-order valence-electron chi connectivity index (χ1n) is 6.35. The highest BCUT2D eigenvalue weighted by Gasteiger charge is 2.38. The lowest BCUT2D eigenvalue weighted by atomic mass is 9.76. The summed E-state index contributed by atoms with van der Waals surface area (Å²) in [5.74, 6) is -1.13. The fourth-order valence-corrected chi connectivity index (χ4v) is 1.53. The van der Waals surface area contributed by atoms with Gasteiger partial charge in [-0.05, 0) is 25.2 Å². The van der Waals surface area contributed by atoms with E-state index in [0.29, 0.717) is 13.0 Å². The largest absolute Gasteiger partial charge is 0.481 e. The molecule has 3 N–H and O–H groups in total. The number of hydrogen-bond acceptors (Lipinski definition) is 3. The lowest BCUT2D eigenvalue weighted by Crippen LogP contribution is -2.40. The first-order valence-corrected chi connectivity index (χ1v) is 6.35. The zero-order valence-corrected chi connectivity index (χ0v) is 11.7. The summed E-state index contributed by atoms with van der Waals surface area (Å²) in [6.45, 7) is 7.68. The van der Waals surface area contributed by atoms with E-state index in [1.54, 1.807) is 20.8 Å². The summed E-state index contributed by atoms with van der Waals surface area (Å²) in [7, 11) is 0. The molecule has 0 rings (SSSR count). The molecule has 106 valence electrons. The van der Waals surface area contributed by atoms with Crippen molar-refractivity contribution in [2.24, 2.45) is 17.3 Å². The number of amides is 1. The summed E-state index contributed by atoms with van der Waals surface area (Å²) in [6, 6.07) is 0. The highest BCUT2D eigenvalue weighted by atomic mass is 16.4. The summed E-state index contributed by atoms with van der Waals surface area (Å²) >= 11 is 0. The molecule has 5 nitrogen and oxygen atoms in total. The van der Waals surface area contributed by atoms with E-state index in [1.807, 2.05) is 6.92 Å². The van der Waals surface area contributed by atoms with E-state index in [9.17, 15) is 14.7 Å². The maximum Gasteiger partial charge on any atom is 0.310 e. The van der Waals surface area contributed by atoms with Crippen molar-refractivity contribution in [3.05, 3.63) is 0 Å². The third-order valence-electron chi connectivity index (χ3n) is 3.56. The smallest absolute Gasteiger partial charge is 0.310 e. The van der Waals surface area contributed by atoms with Gasteiger partial charge in [0.1, 0.15) is 0 Å². The second kappa shape index (κ2) is 7.36. The van der Waals surface area contributed by atoms with Crippen LogP contribution in [-0.2, 0) is 9.59 Å². The minimum absolute atomic E-state index is 0.0220. The van der Waals surface area contributed by atoms with Crippen molar-refractivity contribution >= 4 is 11.9 Å². The second-order valence-electron chi connectivity index (χ2n) is 5.48. The van der Waals surface area contributed by atoms with Gasteiger partial charge in [-0.3, -0.25) is 9.59 Å². The average Bonchev–Trinajstić information content (AvgIpc) is 2.26. The predicted octanol–water partition coefficient (Wildman–Crippen LogP) is 1.26. The van der Waals surface area contributed by atoms with Crippen molar-refractivity contribution in [1.29, 1.82) is 0 Å². The number of carbonyl (C=O) groups excluding carboxylic acids is 1. The Morgan fingerprint density at radius 3 is 2.22 bits per heavy atom. The van der Waals surface area contributed by atoms with Gasteiger partial charge in [0.15, 0.2) is 0 Å². The highest BCUT2D eigenvalue weighted by molar-refractivity contribution is 5.84. The van der Waals surface area contributed by atoms with Crippen LogP contribution in [0.2, 0.25) is 0 Å². The van der Waals surface area contributed by atoms with Crippen LogP contribution in [0.5, 0.6) is 0 Å². The van der Waals surface area contributed by atoms with E-state index >= 15 is 0 Å². The summed E-state index contributed by atoms with van der Waals surface area (Å²) in [5, 5.41) is 20.7. The molecule has 0 aliphatic carbocycles. The summed E-state index contributed by atoms with van der Waals surface area (Å²) < 4.78 is 0. The molecule has 0 aliphatic heterocycles. The quantitative estimate of drug-likeness (QED) is 0.612. The van der Waals surface area contributed by atoms with Crippen LogP contribution in [0.15, 0.2) is 0 Å². The van der Waals surface area contributed by atoms with Crippen LogP contribution >= 0.6 is 0 Å². The SMILES string of the molecule is CC(CCO)CNC(=O)CC(C)(C(=O)O)C(C)C. The van der Waals surface area contributed by atoms with Gasteiger partial charge < -0.3 is 15.5 Å². The van der Waals surface area contributed by atoms with Gasteiger partial charge in [-0.25, -0.2) is 0 Å². The van der Waals surface area contributed by atoms with Crippen molar-refractivity contribution < 1.29 is 19.8 Å². The summed E-state index contributed by atoms with van der Waals surface area (Å²) in [4.78, 5) is 23.0. The number of aliphatic carboxylic acids is 1. The molecule has 0 bridgehead atoms. The van der Waals surface area contributed by atoms with Crippen molar-refractivity contribution in [2.45, 2.75) is 40.5 Å². The van der Waals surface area contributed by atoms with Gasteiger partial charge in [0, 0.05) is 19.6 Å². The Morgan fingerprint density at radius 2 is 1.83 bits per heavy atom. The van der Waals surface area contributed by atoms with E-state index in [2.05, 4.69) is 5.32 Å². The van der Waals surface area contributed by atoms with Gasteiger partial charge in [0.2, 0.25) is 5.91 Å². The molecule has 1 amide bonds. The number of rotatable bonds is 8.